The number of halogens is 1. The zero-order valence-corrected chi connectivity index (χ0v) is 11.4. The molecular formula is C11H16BrNO4. The zero-order chi connectivity index (χ0) is 13.1. The summed E-state index contributed by atoms with van der Waals surface area (Å²) in [6.07, 6.45) is 0. The molecule has 0 bridgehead atoms. The van der Waals surface area contributed by atoms with Gasteiger partial charge in [-0.15, -0.1) is 0 Å². The van der Waals surface area contributed by atoms with E-state index in [-0.39, 0.29) is 31.4 Å². The van der Waals surface area contributed by atoms with Gasteiger partial charge in [0.15, 0.2) is 10.4 Å². The highest BCUT2D eigenvalue weighted by atomic mass is 79.9. The van der Waals surface area contributed by atoms with E-state index in [4.69, 9.17) is 14.6 Å². The number of nitrogens with zero attached hydrogens (tertiary/aromatic N) is 1. The zero-order valence-electron chi connectivity index (χ0n) is 9.81. The third-order valence-electron chi connectivity index (χ3n) is 2.51. The van der Waals surface area contributed by atoms with E-state index in [1.54, 1.807) is 26.1 Å². The summed E-state index contributed by atoms with van der Waals surface area (Å²) < 4.78 is 5.64. The van der Waals surface area contributed by atoms with E-state index in [2.05, 4.69) is 15.9 Å². The first-order chi connectivity index (χ1) is 7.91. The van der Waals surface area contributed by atoms with Gasteiger partial charge in [0.25, 0.3) is 5.91 Å². The van der Waals surface area contributed by atoms with Gasteiger partial charge < -0.3 is 19.5 Å². The number of aliphatic hydroxyl groups is 2. The summed E-state index contributed by atoms with van der Waals surface area (Å²) in [4.78, 5) is 13.3. The van der Waals surface area contributed by atoms with Crippen molar-refractivity contribution in [3.05, 3.63) is 22.6 Å². The molecule has 6 heteroatoms. The Morgan fingerprint density at radius 1 is 1.47 bits per heavy atom. The lowest BCUT2D eigenvalue weighted by Gasteiger charge is -2.29. The molecule has 1 heterocycles. The molecule has 0 aliphatic heterocycles. The second-order valence-electron chi connectivity index (χ2n) is 4.39. The fourth-order valence-corrected chi connectivity index (χ4v) is 1.72. The predicted octanol–water partition coefficient (Wildman–Crippen LogP) is 1.10. The molecule has 0 saturated carbocycles. The lowest BCUT2D eigenvalue weighted by molar-refractivity contribution is 0.0351. The second kappa shape index (κ2) is 5.66. The van der Waals surface area contributed by atoms with E-state index in [0.29, 0.717) is 4.67 Å². The van der Waals surface area contributed by atoms with Crippen LogP contribution in [0.3, 0.4) is 0 Å². The van der Waals surface area contributed by atoms with Crippen LogP contribution >= 0.6 is 15.9 Å². The Labute approximate surface area is 108 Å². The molecule has 0 atom stereocenters. The molecule has 0 fully saturated rings. The number of carbonyl (C=O) groups is 1. The molecule has 2 N–H and O–H groups in total. The Morgan fingerprint density at radius 3 is 2.47 bits per heavy atom. The van der Waals surface area contributed by atoms with Gasteiger partial charge >= 0.3 is 0 Å². The van der Waals surface area contributed by atoms with E-state index in [0.717, 1.165) is 0 Å². The number of amides is 1. The molecule has 0 radical (unpaired) electrons. The molecule has 1 rings (SSSR count). The van der Waals surface area contributed by atoms with Crippen LogP contribution in [0.15, 0.2) is 21.2 Å². The average molecular weight is 306 g/mol. The van der Waals surface area contributed by atoms with Crippen molar-refractivity contribution in [2.24, 2.45) is 5.41 Å². The highest BCUT2D eigenvalue weighted by Crippen LogP contribution is 2.19. The normalized spacial score (nSPS) is 11.6. The van der Waals surface area contributed by atoms with Gasteiger partial charge in [-0.3, -0.25) is 4.79 Å². The number of hydrogen-bond donors (Lipinski definition) is 2. The van der Waals surface area contributed by atoms with E-state index >= 15 is 0 Å². The maximum atomic E-state index is 11.9. The summed E-state index contributed by atoms with van der Waals surface area (Å²) in [5.74, 6) is -0.0681. The fourth-order valence-electron chi connectivity index (χ4n) is 1.41. The minimum atomic E-state index is -0.714. The van der Waals surface area contributed by atoms with E-state index in [9.17, 15) is 4.79 Å². The molecule has 5 nitrogen and oxygen atoms in total. The maximum absolute atomic E-state index is 11.9. The highest BCUT2D eigenvalue weighted by molar-refractivity contribution is 9.10. The van der Waals surface area contributed by atoms with Gasteiger partial charge in [-0.1, -0.05) is 6.92 Å². The highest BCUT2D eigenvalue weighted by Gasteiger charge is 2.27. The fraction of sp³-hybridized carbons (Fsp3) is 0.545. The SMILES string of the molecule is CN(CC(C)(CO)CO)C(=O)c1ccc(Br)o1. The number of carbonyl (C=O) groups excluding carboxylic acids is 1. The van der Waals surface area contributed by atoms with Crippen LogP contribution in [-0.2, 0) is 0 Å². The molecule has 0 saturated heterocycles. The van der Waals surface area contributed by atoms with Crippen molar-refractivity contribution in [2.75, 3.05) is 26.8 Å². The third-order valence-corrected chi connectivity index (χ3v) is 2.94. The van der Waals surface area contributed by atoms with Crippen LogP contribution in [0, 0.1) is 5.41 Å². The number of aliphatic hydroxyl groups excluding tert-OH is 2. The van der Waals surface area contributed by atoms with E-state index < -0.39 is 5.41 Å². The summed E-state index contributed by atoms with van der Waals surface area (Å²) in [5, 5.41) is 18.3. The molecule has 0 aromatic carbocycles. The number of hydrogen-bond acceptors (Lipinski definition) is 4. The van der Waals surface area contributed by atoms with Gasteiger partial charge in [-0.25, -0.2) is 0 Å². The van der Waals surface area contributed by atoms with Crippen LogP contribution in [-0.4, -0.2) is 47.8 Å². The summed E-state index contributed by atoms with van der Waals surface area (Å²) >= 11 is 3.12. The Kier molecular flexibility index (Phi) is 4.73. The predicted molar refractivity (Wildman–Crippen MR) is 65.6 cm³/mol. The van der Waals surface area contributed by atoms with Gasteiger partial charge in [-0.05, 0) is 28.1 Å². The van der Waals surface area contributed by atoms with Gasteiger partial charge in [0.2, 0.25) is 0 Å². The van der Waals surface area contributed by atoms with Crippen molar-refractivity contribution in [1.29, 1.82) is 0 Å². The van der Waals surface area contributed by atoms with Gasteiger partial charge in [0.05, 0.1) is 13.2 Å². The summed E-state index contributed by atoms with van der Waals surface area (Å²) in [6, 6.07) is 3.20. The van der Waals surface area contributed by atoms with Crippen LogP contribution in [0.4, 0.5) is 0 Å². The number of furan rings is 1. The van der Waals surface area contributed by atoms with Crippen molar-refractivity contribution >= 4 is 21.8 Å². The number of rotatable bonds is 5. The average Bonchev–Trinajstić information content (AvgIpc) is 2.74. The molecule has 96 valence electrons. The van der Waals surface area contributed by atoms with Gasteiger partial charge in [0.1, 0.15) is 0 Å². The van der Waals surface area contributed by atoms with Crippen molar-refractivity contribution < 1.29 is 19.4 Å². The molecule has 17 heavy (non-hydrogen) atoms. The Hall–Kier alpha value is -0.850. The second-order valence-corrected chi connectivity index (χ2v) is 5.17. The largest absolute Gasteiger partial charge is 0.444 e. The molecular weight excluding hydrogens is 290 g/mol. The Morgan fingerprint density at radius 2 is 2.06 bits per heavy atom. The smallest absolute Gasteiger partial charge is 0.289 e. The molecule has 0 spiro atoms. The van der Waals surface area contributed by atoms with Crippen molar-refractivity contribution in [2.45, 2.75) is 6.92 Å². The summed E-state index contributed by atoms with van der Waals surface area (Å²) in [5.41, 5.74) is -0.714. The van der Waals surface area contributed by atoms with E-state index in [1.165, 1.54) is 4.90 Å². The quantitative estimate of drug-likeness (QED) is 0.854. The molecule has 0 unspecified atom stereocenters. The Balaban J connectivity index is 2.71. The monoisotopic (exact) mass is 305 g/mol. The molecule has 1 aromatic rings. The van der Waals surface area contributed by atoms with Crippen LogP contribution < -0.4 is 0 Å². The lowest BCUT2D eigenvalue weighted by Crippen LogP contribution is -2.41. The van der Waals surface area contributed by atoms with Crippen molar-refractivity contribution in [3.8, 4) is 0 Å². The standard InChI is InChI=1S/C11H16BrNO4/c1-11(6-14,7-15)5-13(2)10(16)8-3-4-9(12)17-8/h3-4,14-15H,5-7H2,1-2H3. The van der Waals surface area contributed by atoms with Crippen molar-refractivity contribution in [3.63, 3.8) is 0 Å². The minimum Gasteiger partial charge on any atom is -0.444 e. The molecule has 0 aliphatic carbocycles. The first kappa shape index (κ1) is 14.2. The first-order valence-electron chi connectivity index (χ1n) is 5.14. The topological polar surface area (TPSA) is 73.9 Å². The first-order valence-corrected chi connectivity index (χ1v) is 5.94. The molecule has 0 aliphatic rings. The third kappa shape index (κ3) is 3.55. The maximum Gasteiger partial charge on any atom is 0.289 e. The molecule has 1 amide bonds. The van der Waals surface area contributed by atoms with Gasteiger partial charge in [-0.2, -0.15) is 0 Å². The molecule has 1 aromatic heterocycles. The van der Waals surface area contributed by atoms with Crippen LogP contribution in [0.25, 0.3) is 0 Å². The van der Waals surface area contributed by atoms with Crippen molar-refractivity contribution in [1.82, 2.24) is 4.90 Å². The lowest BCUT2D eigenvalue weighted by atomic mass is 9.92. The minimum absolute atomic E-state index is 0.191. The summed E-state index contributed by atoms with van der Waals surface area (Å²) in [7, 11) is 1.60. The summed E-state index contributed by atoms with van der Waals surface area (Å²) in [6.45, 7) is 1.57. The van der Waals surface area contributed by atoms with Gasteiger partial charge in [0, 0.05) is 19.0 Å². The van der Waals surface area contributed by atoms with Crippen LogP contribution in [0.2, 0.25) is 0 Å². The van der Waals surface area contributed by atoms with Crippen LogP contribution in [0.5, 0.6) is 0 Å². The Bertz CT molecular complexity index is 387. The van der Waals surface area contributed by atoms with Crippen LogP contribution in [0.1, 0.15) is 17.5 Å². The van der Waals surface area contributed by atoms with E-state index in [1.807, 2.05) is 0 Å².